The highest BCUT2D eigenvalue weighted by Gasteiger charge is 2.25. The van der Waals surface area contributed by atoms with Crippen LogP contribution in [0.1, 0.15) is 21.5 Å². The van der Waals surface area contributed by atoms with Crippen molar-refractivity contribution >= 4 is 23.5 Å². The highest BCUT2D eigenvalue weighted by molar-refractivity contribution is 7.98. The number of aromatic nitrogens is 1. The van der Waals surface area contributed by atoms with Crippen LogP contribution in [0.5, 0.6) is 5.88 Å². The van der Waals surface area contributed by atoms with E-state index < -0.39 is 5.91 Å². The fourth-order valence-corrected chi connectivity index (χ4v) is 2.65. The molecule has 0 bridgehead atoms. The highest BCUT2D eigenvalue weighted by Crippen LogP contribution is 2.38. The second-order valence-corrected chi connectivity index (χ2v) is 4.00. The molecule has 74 valence electrons. The number of nitrogen functional groups attached to an aromatic ring is 1. The normalized spacial score (nSPS) is 14.0. The molecule has 0 aliphatic carbocycles. The maximum atomic E-state index is 11.1. The lowest BCUT2D eigenvalue weighted by molar-refractivity contribution is 0.1000. The predicted molar refractivity (Wildman–Crippen MR) is 53.8 cm³/mol. The minimum atomic E-state index is -0.589. The first-order valence-corrected chi connectivity index (χ1v) is 5.14. The summed E-state index contributed by atoms with van der Waals surface area (Å²) in [6.45, 7) is 0. The second kappa shape index (κ2) is 3.06. The van der Waals surface area contributed by atoms with Gasteiger partial charge in [-0.15, -0.1) is 0 Å². The molecule has 2 heterocycles. The molecule has 5 nitrogen and oxygen atoms in total. The van der Waals surface area contributed by atoms with E-state index in [1.165, 1.54) is 0 Å². The molecule has 0 unspecified atom stereocenters. The zero-order valence-corrected chi connectivity index (χ0v) is 8.10. The molecule has 1 aromatic heterocycles. The number of rotatable bonds is 1. The third-order valence-electron chi connectivity index (χ3n) is 2.16. The van der Waals surface area contributed by atoms with Gasteiger partial charge in [0.1, 0.15) is 5.82 Å². The maximum Gasteiger partial charge on any atom is 0.252 e. The van der Waals surface area contributed by atoms with Crippen molar-refractivity contribution in [3.05, 3.63) is 16.7 Å². The van der Waals surface area contributed by atoms with E-state index in [0.29, 0.717) is 17.1 Å². The quantitative estimate of drug-likeness (QED) is 0.616. The summed E-state index contributed by atoms with van der Waals surface area (Å²) in [7, 11) is 0. The molecule has 6 heteroatoms. The van der Waals surface area contributed by atoms with Crippen molar-refractivity contribution in [1.29, 1.82) is 0 Å². The van der Waals surface area contributed by atoms with Gasteiger partial charge in [0.15, 0.2) is 0 Å². The summed E-state index contributed by atoms with van der Waals surface area (Å²) in [5, 5.41) is 9.46. The predicted octanol–water partition coefficient (Wildman–Crippen LogP) is 0.215. The molecule has 1 aliphatic heterocycles. The molecule has 0 saturated heterocycles. The summed E-state index contributed by atoms with van der Waals surface area (Å²) < 4.78 is 0. The number of primary amides is 1. The number of thioether (sulfide) groups is 1. The van der Waals surface area contributed by atoms with E-state index >= 15 is 0 Å². The monoisotopic (exact) mass is 211 g/mol. The number of fused-ring (bicyclic) bond motifs is 1. The first-order chi connectivity index (χ1) is 6.61. The van der Waals surface area contributed by atoms with Gasteiger partial charge in [0.2, 0.25) is 5.88 Å². The Morgan fingerprint density at radius 3 is 2.71 bits per heavy atom. The summed E-state index contributed by atoms with van der Waals surface area (Å²) in [5.41, 5.74) is 12.4. The van der Waals surface area contributed by atoms with E-state index in [0.717, 1.165) is 5.56 Å². The van der Waals surface area contributed by atoms with E-state index in [9.17, 15) is 9.90 Å². The van der Waals surface area contributed by atoms with Gasteiger partial charge < -0.3 is 16.6 Å². The van der Waals surface area contributed by atoms with Crippen molar-refractivity contribution < 1.29 is 9.90 Å². The molecule has 2 rings (SSSR count). The summed E-state index contributed by atoms with van der Waals surface area (Å²) in [5.74, 6) is 0.625. The molecule has 1 aromatic rings. The zero-order valence-electron chi connectivity index (χ0n) is 7.28. The number of hydrogen-bond acceptors (Lipinski definition) is 5. The fourth-order valence-electron chi connectivity index (χ4n) is 1.52. The SMILES string of the molecule is NC(=O)c1c(N)nc(O)c2c1CSC2. The Morgan fingerprint density at radius 1 is 1.43 bits per heavy atom. The number of nitrogens with two attached hydrogens (primary N) is 2. The first-order valence-electron chi connectivity index (χ1n) is 3.99. The van der Waals surface area contributed by atoms with Crippen molar-refractivity contribution in [3.63, 3.8) is 0 Å². The molecule has 0 radical (unpaired) electrons. The molecule has 14 heavy (non-hydrogen) atoms. The van der Waals surface area contributed by atoms with Gasteiger partial charge in [0.05, 0.1) is 5.56 Å². The summed E-state index contributed by atoms with van der Waals surface area (Å²) in [6.07, 6.45) is 0. The van der Waals surface area contributed by atoms with Crippen molar-refractivity contribution in [2.24, 2.45) is 5.73 Å². The Morgan fingerprint density at radius 2 is 2.07 bits per heavy atom. The maximum absolute atomic E-state index is 11.1. The van der Waals surface area contributed by atoms with Gasteiger partial charge in [0.25, 0.3) is 5.91 Å². The van der Waals surface area contributed by atoms with Crippen LogP contribution in [0.25, 0.3) is 0 Å². The minimum absolute atomic E-state index is 0.0104. The zero-order chi connectivity index (χ0) is 10.3. The van der Waals surface area contributed by atoms with Gasteiger partial charge in [-0.25, -0.2) is 0 Å². The van der Waals surface area contributed by atoms with Crippen LogP contribution in [0.3, 0.4) is 0 Å². The van der Waals surface area contributed by atoms with E-state index in [1.807, 2.05) is 0 Å². The fraction of sp³-hybridized carbons (Fsp3) is 0.250. The van der Waals surface area contributed by atoms with Crippen LogP contribution in [-0.4, -0.2) is 16.0 Å². The van der Waals surface area contributed by atoms with Crippen molar-refractivity contribution in [1.82, 2.24) is 4.98 Å². The Labute approximate surface area is 84.5 Å². The molecule has 0 fully saturated rings. The van der Waals surface area contributed by atoms with Crippen LogP contribution < -0.4 is 11.5 Å². The van der Waals surface area contributed by atoms with E-state index in [4.69, 9.17) is 11.5 Å². The molecule has 0 saturated carbocycles. The van der Waals surface area contributed by atoms with Gasteiger partial charge in [-0.05, 0) is 5.56 Å². The summed E-state index contributed by atoms with van der Waals surface area (Å²) in [4.78, 5) is 14.8. The molecule has 5 N–H and O–H groups in total. The largest absolute Gasteiger partial charge is 0.493 e. The van der Waals surface area contributed by atoms with Crippen LogP contribution in [0.15, 0.2) is 0 Å². The van der Waals surface area contributed by atoms with Gasteiger partial charge in [-0.2, -0.15) is 16.7 Å². The summed E-state index contributed by atoms with van der Waals surface area (Å²) >= 11 is 1.59. The van der Waals surface area contributed by atoms with Crippen LogP contribution in [0, 0.1) is 0 Å². The Bertz CT molecular complexity index is 420. The Kier molecular flexibility index (Phi) is 1.99. The molecule has 1 aliphatic rings. The number of hydrogen-bond donors (Lipinski definition) is 3. The third-order valence-corrected chi connectivity index (χ3v) is 3.14. The Hall–Kier alpha value is -1.43. The van der Waals surface area contributed by atoms with Gasteiger partial charge in [-0.3, -0.25) is 4.79 Å². The summed E-state index contributed by atoms with van der Waals surface area (Å²) in [6, 6.07) is 0. The number of anilines is 1. The van der Waals surface area contributed by atoms with Gasteiger partial charge >= 0.3 is 0 Å². The van der Waals surface area contributed by atoms with Gasteiger partial charge in [-0.1, -0.05) is 0 Å². The van der Waals surface area contributed by atoms with Crippen LogP contribution in [0.4, 0.5) is 5.82 Å². The molecule has 1 amide bonds. The highest BCUT2D eigenvalue weighted by atomic mass is 32.2. The minimum Gasteiger partial charge on any atom is -0.493 e. The number of pyridine rings is 1. The Balaban J connectivity index is 2.72. The molecular formula is C8H9N3O2S. The molecule has 0 atom stereocenters. The van der Waals surface area contributed by atoms with Crippen LogP contribution >= 0.6 is 11.8 Å². The molecule has 0 aromatic carbocycles. The van der Waals surface area contributed by atoms with E-state index in [2.05, 4.69) is 4.98 Å². The van der Waals surface area contributed by atoms with Crippen molar-refractivity contribution in [2.45, 2.75) is 11.5 Å². The smallest absolute Gasteiger partial charge is 0.252 e. The van der Waals surface area contributed by atoms with Crippen LogP contribution in [0.2, 0.25) is 0 Å². The number of amides is 1. The average molecular weight is 211 g/mol. The average Bonchev–Trinajstić information content (AvgIpc) is 2.51. The van der Waals surface area contributed by atoms with E-state index in [-0.39, 0.29) is 17.3 Å². The van der Waals surface area contributed by atoms with Crippen molar-refractivity contribution in [3.8, 4) is 5.88 Å². The number of carbonyl (C=O) groups excluding carboxylic acids is 1. The number of nitrogens with zero attached hydrogens (tertiary/aromatic N) is 1. The number of carbonyl (C=O) groups is 1. The molecular weight excluding hydrogens is 202 g/mol. The number of aromatic hydroxyl groups is 1. The lowest BCUT2D eigenvalue weighted by atomic mass is 10.1. The van der Waals surface area contributed by atoms with Crippen molar-refractivity contribution in [2.75, 3.05) is 5.73 Å². The molecule has 0 spiro atoms. The third kappa shape index (κ3) is 1.19. The standard InChI is InChI=1S/C8H9N3O2S/c9-6-5(7(10)12)3-1-14-2-4(3)8(13)11-6/h1-2H2,(H2,10,12)(H3,9,11,13). The lowest BCUT2D eigenvalue weighted by Crippen LogP contribution is -2.17. The first kappa shape index (κ1) is 9.14. The second-order valence-electron chi connectivity index (χ2n) is 3.01. The topological polar surface area (TPSA) is 102 Å². The van der Waals surface area contributed by atoms with Gasteiger partial charge in [0, 0.05) is 17.1 Å². The van der Waals surface area contributed by atoms with Crippen LogP contribution in [-0.2, 0) is 11.5 Å². The lowest BCUT2D eigenvalue weighted by Gasteiger charge is -2.08. The van der Waals surface area contributed by atoms with E-state index in [1.54, 1.807) is 11.8 Å².